The summed E-state index contributed by atoms with van der Waals surface area (Å²) in [7, 11) is 3.70. The number of nitrogens with two attached hydrogens (primary N) is 1. The molecule has 0 saturated heterocycles. The van der Waals surface area contributed by atoms with Crippen molar-refractivity contribution in [2.45, 2.75) is 19.4 Å². The lowest BCUT2D eigenvalue weighted by molar-refractivity contribution is -0.120. The minimum Gasteiger partial charge on any atom is -0.423 e. The Kier molecular flexibility index (Phi) is 6.48. The van der Waals surface area contributed by atoms with Crippen molar-refractivity contribution in [1.29, 1.82) is 0 Å². The zero-order valence-electron chi connectivity index (χ0n) is 12.3. The fourth-order valence-electron chi connectivity index (χ4n) is 1.48. The number of fused-ring (bicyclic) bond motifs is 1. The summed E-state index contributed by atoms with van der Waals surface area (Å²) in [6.07, 6.45) is 0. The molecule has 0 aliphatic heterocycles. The van der Waals surface area contributed by atoms with E-state index in [2.05, 4.69) is 10.3 Å². The van der Waals surface area contributed by atoms with Gasteiger partial charge in [-0.3, -0.25) is 4.79 Å². The molecule has 0 spiro atoms. The number of nitrogens with zero attached hydrogens (tertiary/aromatic N) is 2. The summed E-state index contributed by atoms with van der Waals surface area (Å²) in [5.74, 6) is -0.247. The smallest absolute Gasteiger partial charge is 0.297 e. The first-order valence-corrected chi connectivity index (χ1v) is 5.95. The van der Waals surface area contributed by atoms with Crippen molar-refractivity contribution >= 4 is 53.5 Å². The van der Waals surface area contributed by atoms with Crippen LogP contribution < -0.4 is 16.0 Å². The number of rotatable bonds is 3. The van der Waals surface area contributed by atoms with Gasteiger partial charge >= 0.3 is 0 Å². The molecule has 21 heavy (non-hydrogen) atoms. The molecule has 0 atom stereocenters. The minimum absolute atomic E-state index is 0. The van der Waals surface area contributed by atoms with Crippen LogP contribution in [0, 0.1) is 0 Å². The number of halogens is 2. The molecule has 0 fully saturated rings. The van der Waals surface area contributed by atoms with Gasteiger partial charge in [0.25, 0.3) is 6.01 Å². The SMILES string of the molecule is CN(C)c1nc2cc(NC(=O)C(C)(C)N)ccc2o1.Cl.Cl. The maximum Gasteiger partial charge on any atom is 0.297 e. The van der Waals surface area contributed by atoms with E-state index in [4.69, 9.17) is 10.2 Å². The number of anilines is 2. The lowest BCUT2D eigenvalue weighted by atomic mass is 10.1. The first-order chi connectivity index (χ1) is 8.77. The Morgan fingerprint density at radius 3 is 2.48 bits per heavy atom. The Balaban J connectivity index is 0.00000200. The van der Waals surface area contributed by atoms with Crippen LogP contribution in [0.25, 0.3) is 11.1 Å². The molecule has 6 nitrogen and oxygen atoms in total. The molecule has 1 aromatic carbocycles. The third-order valence-corrected chi connectivity index (χ3v) is 2.60. The van der Waals surface area contributed by atoms with Crippen molar-refractivity contribution in [1.82, 2.24) is 4.98 Å². The van der Waals surface area contributed by atoms with Crippen molar-refractivity contribution < 1.29 is 9.21 Å². The van der Waals surface area contributed by atoms with E-state index in [9.17, 15) is 4.79 Å². The lowest BCUT2D eigenvalue weighted by Gasteiger charge is -2.17. The highest BCUT2D eigenvalue weighted by Gasteiger charge is 2.22. The number of nitrogens with one attached hydrogen (secondary N) is 1. The molecule has 1 heterocycles. The Morgan fingerprint density at radius 1 is 1.33 bits per heavy atom. The van der Waals surface area contributed by atoms with Crippen molar-refractivity contribution in [3.63, 3.8) is 0 Å². The number of oxazole rings is 1. The summed E-state index contributed by atoms with van der Waals surface area (Å²) in [6.45, 7) is 3.31. The predicted molar refractivity (Wildman–Crippen MR) is 89.7 cm³/mol. The average molecular weight is 335 g/mol. The Morgan fingerprint density at radius 2 is 1.95 bits per heavy atom. The van der Waals surface area contributed by atoms with Gasteiger partial charge in [-0.05, 0) is 32.0 Å². The highest BCUT2D eigenvalue weighted by atomic mass is 35.5. The Labute approximate surface area is 135 Å². The summed E-state index contributed by atoms with van der Waals surface area (Å²) in [5, 5.41) is 2.75. The van der Waals surface area contributed by atoms with Gasteiger partial charge in [-0.15, -0.1) is 24.8 Å². The topological polar surface area (TPSA) is 84.4 Å². The molecular formula is C13H20Cl2N4O2. The Bertz CT molecular complexity index is 620. The molecule has 1 amide bonds. The zero-order valence-corrected chi connectivity index (χ0v) is 14.0. The largest absolute Gasteiger partial charge is 0.423 e. The molecule has 0 bridgehead atoms. The van der Waals surface area contributed by atoms with Gasteiger partial charge in [-0.2, -0.15) is 4.98 Å². The highest BCUT2D eigenvalue weighted by Crippen LogP contribution is 2.23. The average Bonchev–Trinajstić information content (AvgIpc) is 2.70. The van der Waals surface area contributed by atoms with Gasteiger partial charge in [0.15, 0.2) is 5.58 Å². The second kappa shape index (κ2) is 6.98. The molecule has 0 radical (unpaired) electrons. The quantitative estimate of drug-likeness (QED) is 0.900. The normalized spacial score (nSPS) is 10.5. The maximum absolute atomic E-state index is 11.8. The lowest BCUT2D eigenvalue weighted by Crippen LogP contribution is -2.45. The molecular weight excluding hydrogens is 315 g/mol. The second-order valence-corrected chi connectivity index (χ2v) is 5.25. The van der Waals surface area contributed by atoms with Crippen molar-refractivity contribution in [3.05, 3.63) is 18.2 Å². The third-order valence-electron chi connectivity index (χ3n) is 2.60. The molecule has 3 N–H and O–H groups in total. The van der Waals surface area contributed by atoms with Crippen LogP contribution in [-0.4, -0.2) is 30.5 Å². The molecule has 118 valence electrons. The summed E-state index contributed by atoms with van der Waals surface area (Å²) in [6, 6.07) is 5.82. The van der Waals surface area contributed by atoms with Crippen molar-refractivity contribution in [3.8, 4) is 0 Å². The molecule has 8 heteroatoms. The van der Waals surface area contributed by atoms with Gasteiger partial charge in [-0.25, -0.2) is 0 Å². The second-order valence-electron chi connectivity index (χ2n) is 5.25. The van der Waals surface area contributed by atoms with Crippen LogP contribution in [0.3, 0.4) is 0 Å². The number of hydrogen-bond acceptors (Lipinski definition) is 5. The molecule has 0 saturated carbocycles. The summed E-state index contributed by atoms with van der Waals surface area (Å²) in [4.78, 5) is 17.9. The van der Waals surface area contributed by atoms with E-state index in [1.54, 1.807) is 36.9 Å². The molecule has 2 aromatic rings. The maximum atomic E-state index is 11.8. The van der Waals surface area contributed by atoms with E-state index in [-0.39, 0.29) is 30.7 Å². The fraction of sp³-hybridized carbons (Fsp3) is 0.385. The molecule has 0 unspecified atom stereocenters. The highest BCUT2D eigenvalue weighted by molar-refractivity contribution is 5.98. The monoisotopic (exact) mass is 334 g/mol. The van der Waals surface area contributed by atoms with Crippen molar-refractivity contribution in [2.75, 3.05) is 24.3 Å². The van der Waals surface area contributed by atoms with Gasteiger partial charge in [0.1, 0.15) is 5.52 Å². The van der Waals surface area contributed by atoms with Crippen LogP contribution in [-0.2, 0) is 4.79 Å². The van der Waals surface area contributed by atoms with Crippen molar-refractivity contribution in [2.24, 2.45) is 5.73 Å². The van der Waals surface area contributed by atoms with Gasteiger partial charge in [0, 0.05) is 19.8 Å². The minimum atomic E-state index is -0.923. The van der Waals surface area contributed by atoms with Gasteiger partial charge in [0.05, 0.1) is 5.54 Å². The Hall–Kier alpha value is -1.50. The van der Waals surface area contributed by atoms with E-state index in [0.717, 1.165) is 0 Å². The van der Waals surface area contributed by atoms with Crippen LogP contribution in [0.2, 0.25) is 0 Å². The molecule has 1 aromatic heterocycles. The molecule has 0 aliphatic carbocycles. The number of hydrogen-bond donors (Lipinski definition) is 2. The van der Waals surface area contributed by atoms with Crippen LogP contribution in [0.15, 0.2) is 22.6 Å². The fourth-order valence-corrected chi connectivity index (χ4v) is 1.48. The number of carbonyl (C=O) groups excluding carboxylic acids is 1. The van der Waals surface area contributed by atoms with Gasteiger partial charge in [-0.1, -0.05) is 0 Å². The van der Waals surface area contributed by atoms with E-state index >= 15 is 0 Å². The standard InChI is InChI=1S/C13H18N4O2.2ClH/c1-13(2,14)11(18)15-8-5-6-10-9(7-8)16-12(19-10)17(3)4;;/h5-7H,14H2,1-4H3,(H,15,18);2*1H. The predicted octanol–water partition coefficient (Wildman–Crippen LogP) is 2.41. The summed E-state index contributed by atoms with van der Waals surface area (Å²) < 4.78 is 5.53. The van der Waals surface area contributed by atoms with Crippen LogP contribution in [0.1, 0.15) is 13.8 Å². The van der Waals surface area contributed by atoms with Gasteiger partial charge in [0.2, 0.25) is 5.91 Å². The summed E-state index contributed by atoms with van der Waals surface area (Å²) in [5.41, 5.74) is 6.82. The first-order valence-electron chi connectivity index (χ1n) is 5.95. The number of carbonyl (C=O) groups is 1. The van der Waals surface area contributed by atoms with Crippen LogP contribution >= 0.6 is 24.8 Å². The van der Waals surface area contributed by atoms with E-state index in [1.807, 2.05) is 14.1 Å². The van der Waals surface area contributed by atoms with Crippen LogP contribution in [0.4, 0.5) is 11.7 Å². The molecule has 0 aliphatic rings. The summed E-state index contributed by atoms with van der Waals surface area (Å²) >= 11 is 0. The zero-order chi connectivity index (χ0) is 14.2. The third kappa shape index (κ3) is 4.49. The van der Waals surface area contributed by atoms with E-state index in [0.29, 0.717) is 22.8 Å². The number of aromatic nitrogens is 1. The molecule has 2 rings (SSSR count). The van der Waals surface area contributed by atoms with Gasteiger partial charge < -0.3 is 20.4 Å². The van der Waals surface area contributed by atoms with Crippen LogP contribution in [0.5, 0.6) is 0 Å². The van der Waals surface area contributed by atoms with E-state index in [1.165, 1.54) is 0 Å². The first kappa shape index (κ1) is 19.5. The number of amides is 1. The van der Waals surface area contributed by atoms with E-state index < -0.39 is 5.54 Å². The number of benzene rings is 1.